The maximum atomic E-state index is 12.5. The van der Waals surface area contributed by atoms with Crippen molar-refractivity contribution < 1.29 is 19.2 Å². The second kappa shape index (κ2) is 15.8. The molecular weight excluding hydrogens is 436 g/mol. The van der Waals surface area contributed by atoms with E-state index in [0.29, 0.717) is 37.8 Å². The Balaban J connectivity index is 2.47. The number of nitrogens with two attached hydrogens (primary N) is 2. The second-order valence-electron chi connectivity index (χ2n) is 8.82. The van der Waals surface area contributed by atoms with Crippen LogP contribution in [0.15, 0.2) is 29.4 Å². The Labute approximate surface area is 202 Å². The van der Waals surface area contributed by atoms with Gasteiger partial charge in [0, 0.05) is 18.8 Å². The second-order valence-corrected chi connectivity index (χ2v) is 8.82. The van der Waals surface area contributed by atoms with Gasteiger partial charge in [-0.25, -0.2) is 0 Å². The first kappa shape index (κ1) is 29.1. The van der Waals surface area contributed by atoms with Crippen LogP contribution in [0.4, 0.5) is 0 Å². The molecule has 0 spiro atoms. The van der Waals surface area contributed by atoms with Crippen molar-refractivity contribution in [3.8, 4) is 0 Å². The first-order valence-corrected chi connectivity index (χ1v) is 11.7. The van der Waals surface area contributed by atoms with Crippen LogP contribution in [-0.4, -0.2) is 48.7 Å². The summed E-state index contributed by atoms with van der Waals surface area (Å²) in [4.78, 5) is 42.0. The molecule has 1 unspecified atom stereocenters. The monoisotopic (exact) mass is 476 g/mol. The Bertz CT molecular complexity index is 823. The van der Waals surface area contributed by atoms with Gasteiger partial charge in [-0.3, -0.25) is 19.7 Å². The molecule has 1 aromatic rings. The molecule has 34 heavy (non-hydrogen) atoms. The highest BCUT2D eigenvalue weighted by molar-refractivity contribution is 5.94. The van der Waals surface area contributed by atoms with Gasteiger partial charge >= 0.3 is 0 Å². The molecule has 10 nitrogen and oxygen atoms in total. The van der Waals surface area contributed by atoms with Gasteiger partial charge in [0.25, 0.3) is 5.91 Å². The molecule has 0 radical (unpaired) electrons. The molecule has 0 saturated heterocycles. The Morgan fingerprint density at radius 2 is 1.85 bits per heavy atom. The highest BCUT2D eigenvalue weighted by Crippen LogP contribution is 2.09. The standard InChI is InChI=1S/C24H40N6O4/c1-16(2)12-21(28-15-25)24(33)29-20(22(26)31)10-5-6-11-27-23(32)19-9-7-8-18(13-19)14-34-30-17(3)4/h7-9,13,16,20-21,28H,5-6,10-12,14-15,25H2,1-4H3,(H2,26,31)(H,27,32)(H,29,33)/t20?,21-/m0/s1. The third kappa shape index (κ3) is 11.8. The van der Waals surface area contributed by atoms with E-state index in [9.17, 15) is 14.4 Å². The minimum Gasteiger partial charge on any atom is -0.391 e. The topological polar surface area (TPSA) is 161 Å². The molecule has 0 heterocycles. The molecule has 190 valence electrons. The van der Waals surface area contributed by atoms with E-state index in [1.165, 1.54) is 0 Å². The molecule has 0 bridgehead atoms. The van der Waals surface area contributed by atoms with E-state index in [2.05, 4.69) is 21.1 Å². The van der Waals surface area contributed by atoms with Gasteiger partial charge in [-0.05, 0) is 63.1 Å². The van der Waals surface area contributed by atoms with E-state index < -0.39 is 18.0 Å². The quantitative estimate of drug-likeness (QED) is 0.105. The Morgan fingerprint density at radius 3 is 2.47 bits per heavy atom. The van der Waals surface area contributed by atoms with Gasteiger partial charge in [0.15, 0.2) is 0 Å². The Kier molecular flexibility index (Phi) is 13.5. The number of unbranched alkanes of at least 4 members (excludes halogenated alkanes) is 1. The number of rotatable bonds is 16. The van der Waals surface area contributed by atoms with Crippen molar-refractivity contribution >= 4 is 23.4 Å². The van der Waals surface area contributed by atoms with E-state index in [-0.39, 0.29) is 31.0 Å². The zero-order chi connectivity index (χ0) is 25.5. The molecule has 1 aromatic carbocycles. The summed E-state index contributed by atoms with van der Waals surface area (Å²) in [6, 6.07) is 5.90. The van der Waals surface area contributed by atoms with Crippen molar-refractivity contribution in [3.05, 3.63) is 35.4 Å². The maximum absolute atomic E-state index is 12.5. The van der Waals surface area contributed by atoms with Crippen LogP contribution >= 0.6 is 0 Å². The minimum absolute atomic E-state index is 0.161. The van der Waals surface area contributed by atoms with Crippen molar-refractivity contribution in [1.82, 2.24) is 16.0 Å². The normalized spacial score (nSPS) is 12.5. The van der Waals surface area contributed by atoms with Crippen LogP contribution in [0.5, 0.6) is 0 Å². The first-order valence-electron chi connectivity index (χ1n) is 11.7. The number of carbonyl (C=O) groups is 3. The summed E-state index contributed by atoms with van der Waals surface area (Å²) < 4.78 is 0. The van der Waals surface area contributed by atoms with Gasteiger partial charge in [-0.1, -0.05) is 31.1 Å². The number of carbonyl (C=O) groups excluding carboxylic acids is 3. The van der Waals surface area contributed by atoms with Gasteiger partial charge in [0.2, 0.25) is 11.8 Å². The summed E-state index contributed by atoms with van der Waals surface area (Å²) in [7, 11) is 0. The molecule has 1 rings (SSSR count). The third-order valence-electron chi connectivity index (χ3n) is 4.92. The number of benzene rings is 1. The van der Waals surface area contributed by atoms with Crippen LogP contribution in [0.2, 0.25) is 0 Å². The molecule has 3 amide bonds. The van der Waals surface area contributed by atoms with Gasteiger partial charge in [0.05, 0.1) is 11.8 Å². The van der Waals surface area contributed by atoms with Crippen LogP contribution in [0, 0.1) is 5.92 Å². The highest BCUT2D eigenvalue weighted by Gasteiger charge is 2.24. The van der Waals surface area contributed by atoms with Crippen LogP contribution in [0.1, 0.15) is 69.3 Å². The zero-order valence-corrected chi connectivity index (χ0v) is 20.7. The molecule has 7 N–H and O–H groups in total. The first-order chi connectivity index (χ1) is 16.1. The maximum Gasteiger partial charge on any atom is 0.251 e. The molecule has 0 aliphatic heterocycles. The van der Waals surface area contributed by atoms with E-state index in [1.807, 2.05) is 33.8 Å². The summed E-state index contributed by atoms with van der Waals surface area (Å²) in [5.74, 6) is -0.788. The molecule has 10 heteroatoms. The number of nitrogens with zero attached hydrogens (tertiary/aromatic N) is 1. The smallest absolute Gasteiger partial charge is 0.251 e. The number of primary amides is 1. The SMILES string of the molecule is CC(C)=NOCc1cccc(C(=O)NCCCCC(NC(=O)[C@H](CC(C)C)NCN)C(N)=O)c1. The van der Waals surface area contributed by atoms with Gasteiger partial charge < -0.3 is 26.9 Å². The van der Waals surface area contributed by atoms with Gasteiger partial charge in [-0.2, -0.15) is 0 Å². The number of oxime groups is 1. The molecular formula is C24H40N6O4. The predicted molar refractivity (Wildman–Crippen MR) is 133 cm³/mol. The van der Waals surface area contributed by atoms with Crippen molar-refractivity contribution in [2.75, 3.05) is 13.2 Å². The molecule has 0 fully saturated rings. The predicted octanol–water partition coefficient (Wildman–Crippen LogP) is 1.39. The van der Waals surface area contributed by atoms with E-state index in [1.54, 1.807) is 18.2 Å². The number of hydrogen-bond acceptors (Lipinski definition) is 7. The molecule has 0 saturated carbocycles. The average Bonchev–Trinajstić information content (AvgIpc) is 2.77. The summed E-state index contributed by atoms with van der Waals surface area (Å²) >= 11 is 0. The van der Waals surface area contributed by atoms with Gasteiger partial charge in [0.1, 0.15) is 12.6 Å². The average molecular weight is 477 g/mol. The lowest BCUT2D eigenvalue weighted by Crippen LogP contribution is -2.53. The van der Waals surface area contributed by atoms with Crippen molar-refractivity contribution in [3.63, 3.8) is 0 Å². The van der Waals surface area contributed by atoms with Gasteiger partial charge in [-0.15, -0.1) is 0 Å². The van der Waals surface area contributed by atoms with E-state index in [0.717, 1.165) is 11.3 Å². The Morgan fingerprint density at radius 1 is 1.12 bits per heavy atom. The molecule has 0 aliphatic carbocycles. The van der Waals surface area contributed by atoms with E-state index >= 15 is 0 Å². The van der Waals surface area contributed by atoms with Crippen molar-refractivity contribution in [1.29, 1.82) is 0 Å². The third-order valence-corrected chi connectivity index (χ3v) is 4.92. The number of nitrogens with one attached hydrogen (secondary N) is 3. The number of amides is 3. The fraction of sp³-hybridized carbons (Fsp3) is 0.583. The zero-order valence-electron chi connectivity index (χ0n) is 20.7. The molecule has 0 aliphatic rings. The summed E-state index contributed by atoms with van der Waals surface area (Å²) in [6.45, 7) is 8.56. The van der Waals surface area contributed by atoms with Crippen LogP contribution in [0.25, 0.3) is 0 Å². The Hall–Kier alpha value is -2.98. The summed E-state index contributed by atoms with van der Waals surface area (Å²) in [5, 5.41) is 12.4. The lowest BCUT2D eigenvalue weighted by molar-refractivity contribution is -0.129. The van der Waals surface area contributed by atoms with Crippen LogP contribution < -0.4 is 27.4 Å². The largest absolute Gasteiger partial charge is 0.391 e. The van der Waals surface area contributed by atoms with Crippen LogP contribution in [0.3, 0.4) is 0 Å². The number of hydrogen-bond donors (Lipinski definition) is 5. The van der Waals surface area contributed by atoms with Crippen LogP contribution in [-0.2, 0) is 21.0 Å². The molecule has 2 atom stereocenters. The fourth-order valence-electron chi connectivity index (χ4n) is 3.27. The minimum atomic E-state index is -0.775. The highest BCUT2D eigenvalue weighted by atomic mass is 16.6. The summed E-state index contributed by atoms with van der Waals surface area (Å²) in [5.41, 5.74) is 13.2. The van der Waals surface area contributed by atoms with E-state index in [4.69, 9.17) is 16.3 Å². The van der Waals surface area contributed by atoms with Crippen molar-refractivity contribution in [2.45, 2.75) is 72.1 Å². The lowest BCUT2D eigenvalue weighted by Gasteiger charge is -2.22. The van der Waals surface area contributed by atoms with Crippen molar-refractivity contribution in [2.24, 2.45) is 22.5 Å². The lowest BCUT2D eigenvalue weighted by atomic mass is 10.0. The molecule has 0 aromatic heterocycles. The fourth-order valence-corrected chi connectivity index (χ4v) is 3.27. The summed E-state index contributed by atoms with van der Waals surface area (Å²) in [6.07, 6.45) is 2.22.